The highest BCUT2D eigenvalue weighted by atomic mass is 16.6. The van der Waals surface area contributed by atoms with E-state index in [0.29, 0.717) is 17.9 Å². The number of imidazole rings is 2. The smallest absolute Gasteiger partial charge is 0.405 e. The fourth-order valence-corrected chi connectivity index (χ4v) is 7.34. The maximum atomic E-state index is 13.7. The van der Waals surface area contributed by atoms with Crippen LogP contribution in [-0.2, 0) is 14.3 Å². The average molecular weight is 670 g/mol. The molecule has 0 unspecified atom stereocenters. The lowest BCUT2D eigenvalue weighted by Gasteiger charge is -2.27. The molecule has 50 heavy (non-hydrogen) atoms. The van der Waals surface area contributed by atoms with Crippen molar-refractivity contribution in [3.8, 4) is 33.6 Å². The van der Waals surface area contributed by atoms with E-state index in [9.17, 15) is 14.4 Å². The van der Waals surface area contributed by atoms with Crippen molar-refractivity contribution in [3.63, 3.8) is 0 Å². The van der Waals surface area contributed by atoms with E-state index in [-0.39, 0.29) is 29.8 Å². The van der Waals surface area contributed by atoms with Gasteiger partial charge in [-0.2, -0.15) is 0 Å². The zero-order valence-corrected chi connectivity index (χ0v) is 27.6. The lowest BCUT2D eigenvalue weighted by Crippen LogP contribution is -2.37. The third-order valence-corrected chi connectivity index (χ3v) is 10.1. The zero-order valence-electron chi connectivity index (χ0n) is 27.6. The maximum Gasteiger partial charge on any atom is 0.405 e. The van der Waals surface area contributed by atoms with E-state index >= 15 is 0 Å². The van der Waals surface area contributed by atoms with Gasteiger partial charge < -0.3 is 30.2 Å². The van der Waals surface area contributed by atoms with Crippen LogP contribution >= 0.6 is 0 Å². The molecule has 3 aliphatic rings. The summed E-state index contributed by atoms with van der Waals surface area (Å²) in [5, 5.41) is 0. The van der Waals surface area contributed by atoms with Gasteiger partial charge in [-0.1, -0.05) is 78.9 Å². The molecular weight excluding hydrogens is 630 g/mol. The number of aromatic nitrogens is 4. The number of likely N-dealkylation sites (tertiary alicyclic amines) is 2. The molecule has 2 saturated heterocycles. The second kappa shape index (κ2) is 13.3. The van der Waals surface area contributed by atoms with Gasteiger partial charge in [0.05, 0.1) is 35.9 Å². The van der Waals surface area contributed by atoms with Gasteiger partial charge in [0.15, 0.2) is 0 Å². The molecule has 4 N–H and O–H groups in total. The van der Waals surface area contributed by atoms with Gasteiger partial charge >= 0.3 is 6.09 Å². The fourth-order valence-electron chi connectivity index (χ4n) is 7.34. The molecular formula is C39H39N7O4. The van der Waals surface area contributed by atoms with Crippen molar-refractivity contribution in [3.05, 3.63) is 108 Å². The molecule has 254 valence electrons. The molecule has 1 saturated carbocycles. The number of H-pyrrole nitrogens is 2. The number of nitrogens with one attached hydrogen (secondary N) is 2. The summed E-state index contributed by atoms with van der Waals surface area (Å²) in [4.78, 5) is 58.1. The molecule has 8 rings (SSSR count). The third kappa shape index (κ3) is 6.26. The molecule has 3 amide bonds. The van der Waals surface area contributed by atoms with Crippen molar-refractivity contribution in [2.24, 2.45) is 11.7 Å². The normalized spacial score (nSPS) is 19.4. The molecule has 3 aromatic carbocycles. The van der Waals surface area contributed by atoms with E-state index in [1.807, 2.05) is 17.2 Å². The van der Waals surface area contributed by atoms with Gasteiger partial charge in [0.25, 0.3) is 5.91 Å². The number of amides is 3. The Hall–Kier alpha value is -5.71. The molecule has 4 heterocycles. The Morgan fingerprint density at radius 2 is 1.18 bits per heavy atom. The van der Waals surface area contributed by atoms with Crippen molar-refractivity contribution < 1.29 is 19.1 Å². The Morgan fingerprint density at radius 1 is 0.680 bits per heavy atom. The summed E-state index contributed by atoms with van der Waals surface area (Å²) in [5.41, 5.74) is 11.9. The molecule has 11 heteroatoms. The summed E-state index contributed by atoms with van der Waals surface area (Å²) in [6.45, 7) is 1.34. The zero-order chi connectivity index (χ0) is 34.2. The maximum absolute atomic E-state index is 13.7. The fraction of sp³-hybridized carbons (Fsp3) is 0.308. The van der Waals surface area contributed by atoms with E-state index < -0.39 is 12.2 Å². The van der Waals surface area contributed by atoms with Crippen molar-refractivity contribution in [1.82, 2.24) is 29.7 Å². The van der Waals surface area contributed by atoms with Crippen LogP contribution in [0.1, 0.15) is 73.9 Å². The van der Waals surface area contributed by atoms with Crippen LogP contribution < -0.4 is 5.73 Å². The lowest BCUT2D eigenvalue weighted by molar-refractivity contribution is -0.141. The van der Waals surface area contributed by atoms with E-state index in [1.165, 1.54) is 0 Å². The van der Waals surface area contributed by atoms with Crippen LogP contribution in [0.4, 0.5) is 4.79 Å². The second-order valence-electron chi connectivity index (χ2n) is 13.4. The van der Waals surface area contributed by atoms with E-state index in [1.54, 1.807) is 35.4 Å². The van der Waals surface area contributed by atoms with Crippen molar-refractivity contribution >= 4 is 17.9 Å². The summed E-state index contributed by atoms with van der Waals surface area (Å²) in [6.07, 6.45) is 7.08. The van der Waals surface area contributed by atoms with Gasteiger partial charge in [0.2, 0.25) is 12.0 Å². The number of nitrogens with zero attached hydrogens (tertiary/aromatic N) is 4. The molecule has 0 bridgehead atoms. The van der Waals surface area contributed by atoms with Crippen LogP contribution in [0.2, 0.25) is 0 Å². The van der Waals surface area contributed by atoms with Crippen LogP contribution in [0.5, 0.6) is 0 Å². The Kier molecular flexibility index (Phi) is 8.39. The number of carbonyl (C=O) groups excluding carboxylic acids is 3. The number of aromatic amines is 2. The van der Waals surface area contributed by atoms with Gasteiger partial charge in [-0.25, -0.2) is 14.8 Å². The number of rotatable bonds is 9. The molecule has 0 spiro atoms. The SMILES string of the molecule is NC(=O)O[C@@H](C(=O)N1CCC[C@H]1c1ncc(-c2ccc(-c3ccc(-c4cnc([C@@H]5CCCN5C(=O)C5CC5)[nH]4)cc3)cc2)[nH]1)c1ccccc1. The van der Waals surface area contributed by atoms with Crippen LogP contribution in [-0.4, -0.2) is 60.7 Å². The largest absolute Gasteiger partial charge is 0.431 e. The predicted octanol–water partition coefficient (Wildman–Crippen LogP) is 6.71. The lowest BCUT2D eigenvalue weighted by atomic mass is 10.0. The first-order chi connectivity index (χ1) is 24.4. The first-order valence-electron chi connectivity index (χ1n) is 17.4. The second-order valence-corrected chi connectivity index (χ2v) is 13.4. The van der Waals surface area contributed by atoms with Gasteiger partial charge in [0.1, 0.15) is 11.6 Å². The summed E-state index contributed by atoms with van der Waals surface area (Å²) in [7, 11) is 0. The molecule has 1 aliphatic carbocycles. The number of benzene rings is 3. The molecule has 0 radical (unpaired) electrons. The van der Waals surface area contributed by atoms with E-state index in [4.69, 9.17) is 10.5 Å². The van der Waals surface area contributed by atoms with Gasteiger partial charge in [-0.3, -0.25) is 9.59 Å². The molecule has 5 aromatic rings. The average Bonchev–Trinajstić information content (AvgIpc) is 3.60. The predicted molar refractivity (Wildman–Crippen MR) is 187 cm³/mol. The summed E-state index contributed by atoms with van der Waals surface area (Å²) in [5.74, 6) is 1.74. The molecule has 2 aliphatic heterocycles. The van der Waals surface area contributed by atoms with E-state index in [2.05, 4.69) is 68.5 Å². The Balaban J connectivity index is 0.938. The topological polar surface area (TPSA) is 150 Å². The number of ether oxygens (including phenoxy) is 1. The Morgan fingerprint density at radius 3 is 1.70 bits per heavy atom. The van der Waals surface area contributed by atoms with Gasteiger partial charge in [-0.15, -0.1) is 0 Å². The number of nitrogens with two attached hydrogens (primary N) is 1. The highest BCUT2D eigenvalue weighted by Gasteiger charge is 2.40. The van der Waals surface area contributed by atoms with Crippen LogP contribution in [0.3, 0.4) is 0 Å². The van der Waals surface area contributed by atoms with Gasteiger partial charge in [0, 0.05) is 24.6 Å². The van der Waals surface area contributed by atoms with E-state index in [0.717, 1.165) is 84.5 Å². The van der Waals surface area contributed by atoms with Crippen molar-refractivity contribution in [1.29, 1.82) is 0 Å². The first-order valence-corrected chi connectivity index (χ1v) is 17.4. The summed E-state index contributed by atoms with van der Waals surface area (Å²) < 4.78 is 5.29. The van der Waals surface area contributed by atoms with Crippen LogP contribution in [0.25, 0.3) is 33.6 Å². The molecule has 11 nitrogen and oxygen atoms in total. The summed E-state index contributed by atoms with van der Waals surface area (Å²) in [6, 6.07) is 25.4. The molecule has 2 aromatic heterocycles. The number of carbonyl (C=O) groups is 3. The molecule has 3 atom stereocenters. The number of hydrogen-bond acceptors (Lipinski definition) is 6. The minimum absolute atomic E-state index is 0.0371. The minimum Gasteiger partial charge on any atom is -0.431 e. The standard InChI is InChI=1S/C39H39N7O4/c40-39(49)50-34(28-6-2-1-3-7-28)38(48)46-21-5-9-33(46)36-42-23-31(44-36)27-16-12-25(13-17-27)24-10-14-26(15-11-24)30-22-41-35(43-30)32-8-4-20-45(32)37(47)29-18-19-29/h1-3,6-7,10-17,22-23,29,32-34H,4-5,8-9,18-21H2,(H2,40,49)(H,41,43)(H,42,44)/t32-,33-,34+/m0/s1. The monoisotopic (exact) mass is 669 g/mol. The van der Waals surface area contributed by atoms with Crippen LogP contribution in [0.15, 0.2) is 91.3 Å². The van der Waals surface area contributed by atoms with Crippen molar-refractivity contribution in [2.75, 3.05) is 13.1 Å². The number of hydrogen-bond donors (Lipinski definition) is 3. The highest BCUT2D eigenvalue weighted by Crippen LogP contribution is 2.39. The van der Waals surface area contributed by atoms with Crippen molar-refractivity contribution in [2.45, 2.75) is 56.7 Å². The quantitative estimate of drug-likeness (QED) is 0.159. The Labute approximate surface area is 289 Å². The summed E-state index contributed by atoms with van der Waals surface area (Å²) >= 11 is 0. The molecule has 3 fully saturated rings. The highest BCUT2D eigenvalue weighted by molar-refractivity contribution is 5.85. The third-order valence-electron chi connectivity index (χ3n) is 10.1. The van der Waals surface area contributed by atoms with Gasteiger partial charge in [-0.05, 0) is 60.8 Å². The first kappa shape index (κ1) is 31.6. The minimum atomic E-state index is -1.12. The Bertz CT molecular complexity index is 2000. The van der Waals surface area contributed by atoms with Crippen LogP contribution in [0, 0.1) is 5.92 Å². The number of primary amides is 1.